The molecule has 10 heteroatoms. The number of thiophene rings is 1. The lowest BCUT2D eigenvalue weighted by Crippen LogP contribution is -2.23. The van der Waals surface area contributed by atoms with Crippen LogP contribution in [0.4, 0.5) is 0 Å². The SMILES string of the molecule is CCOC(=O)Cn1c(=NC(=O)c2cc(Cl)sc2Cl)sc2cc(Br)ccc21. The average Bonchev–Trinajstić information content (AvgIpc) is 3.07. The van der Waals surface area contributed by atoms with Gasteiger partial charge in [0.15, 0.2) is 4.80 Å². The normalized spacial score (nSPS) is 11.9. The molecule has 26 heavy (non-hydrogen) atoms. The van der Waals surface area contributed by atoms with Crippen LogP contribution < -0.4 is 4.80 Å². The fraction of sp³-hybridized carbons (Fsp3) is 0.188. The molecule has 0 N–H and O–H groups in total. The van der Waals surface area contributed by atoms with E-state index >= 15 is 0 Å². The molecule has 3 aromatic rings. The largest absolute Gasteiger partial charge is 0.465 e. The van der Waals surface area contributed by atoms with E-state index in [0.717, 1.165) is 26.0 Å². The first-order valence-corrected chi connectivity index (χ1v) is 10.6. The maximum atomic E-state index is 12.5. The number of carbonyl (C=O) groups is 2. The second-order valence-corrected chi connectivity index (χ2v) is 9.25. The van der Waals surface area contributed by atoms with Gasteiger partial charge in [-0.1, -0.05) is 50.5 Å². The Bertz CT molecular complexity index is 1070. The highest BCUT2D eigenvalue weighted by Gasteiger charge is 2.16. The fourth-order valence-electron chi connectivity index (χ4n) is 2.25. The Balaban J connectivity index is 2.12. The molecular formula is C16H11BrCl2N2O3S2. The third-order valence-corrected chi connectivity index (χ3v) is 6.34. The van der Waals surface area contributed by atoms with Crippen LogP contribution in [0.3, 0.4) is 0 Å². The van der Waals surface area contributed by atoms with Crippen LogP contribution in [0.5, 0.6) is 0 Å². The van der Waals surface area contributed by atoms with Gasteiger partial charge in [-0.3, -0.25) is 9.59 Å². The molecule has 0 spiro atoms. The van der Waals surface area contributed by atoms with E-state index in [1.165, 1.54) is 17.4 Å². The highest BCUT2D eigenvalue weighted by Crippen LogP contribution is 2.31. The summed E-state index contributed by atoms with van der Waals surface area (Å²) in [5.74, 6) is -0.915. The summed E-state index contributed by atoms with van der Waals surface area (Å²) < 4.78 is 9.14. The van der Waals surface area contributed by atoms with Crippen molar-refractivity contribution in [3.63, 3.8) is 0 Å². The van der Waals surface area contributed by atoms with Crippen molar-refractivity contribution in [1.29, 1.82) is 0 Å². The predicted octanol–water partition coefficient (Wildman–Crippen LogP) is 5.14. The number of halogens is 3. The molecule has 0 saturated carbocycles. The summed E-state index contributed by atoms with van der Waals surface area (Å²) in [5, 5.41) is 0. The minimum Gasteiger partial charge on any atom is -0.465 e. The van der Waals surface area contributed by atoms with Gasteiger partial charge in [0.1, 0.15) is 10.9 Å². The van der Waals surface area contributed by atoms with Gasteiger partial charge in [-0.2, -0.15) is 4.99 Å². The van der Waals surface area contributed by atoms with E-state index in [4.69, 9.17) is 27.9 Å². The molecule has 1 aromatic carbocycles. The maximum absolute atomic E-state index is 12.5. The van der Waals surface area contributed by atoms with Gasteiger partial charge >= 0.3 is 5.97 Å². The third kappa shape index (κ3) is 4.20. The minimum atomic E-state index is -0.513. The molecule has 0 atom stereocenters. The van der Waals surface area contributed by atoms with Gasteiger partial charge in [0, 0.05) is 4.47 Å². The van der Waals surface area contributed by atoms with E-state index in [2.05, 4.69) is 20.9 Å². The molecule has 0 unspecified atom stereocenters. The number of ether oxygens (including phenoxy) is 1. The fourth-order valence-corrected chi connectivity index (χ4v) is 5.28. The zero-order valence-electron chi connectivity index (χ0n) is 13.3. The van der Waals surface area contributed by atoms with Crippen molar-refractivity contribution in [2.24, 2.45) is 4.99 Å². The molecule has 0 bridgehead atoms. The molecule has 3 rings (SSSR count). The molecule has 5 nitrogen and oxygen atoms in total. The second-order valence-electron chi connectivity index (χ2n) is 5.04. The smallest absolute Gasteiger partial charge is 0.326 e. The molecule has 0 aliphatic carbocycles. The van der Waals surface area contributed by atoms with Gasteiger partial charge in [0.2, 0.25) is 0 Å². The lowest BCUT2D eigenvalue weighted by molar-refractivity contribution is -0.143. The lowest BCUT2D eigenvalue weighted by Gasteiger charge is -2.05. The van der Waals surface area contributed by atoms with Crippen molar-refractivity contribution in [1.82, 2.24) is 4.57 Å². The van der Waals surface area contributed by atoms with Gasteiger partial charge in [-0.05, 0) is 31.2 Å². The van der Waals surface area contributed by atoms with Crippen LogP contribution in [0.1, 0.15) is 17.3 Å². The number of thiazole rings is 1. The summed E-state index contributed by atoms with van der Waals surface area (Å²) in [7, 11) is 0. The number of amides is 1. The van der Waals surface area contributed by atoms with E-state index in [0.29, 0.717) is 9.14 Å². The highest BCUT2D eigenvalue weighted by atomic mass is 79.9. The van der Waals surface area contributed by atoms with Crippen LogP contribution in [-0.2, 0) is 16.1 Å². The van der Waals surface area contributed by atoms with Crippen molar-refractivity contribution in [2.75, 3.05) is 6.61 Å². The minimum absolute atomic E-state index is 0.0420. The Morgan fingerprint density at radius 1 is 1.27 bits per heavy atom. The van der Waals surface area contributed by atoms with Crippen LogP contribution in [0.25, 0.3) is 10.2 Å². The Labute approximate surface area is 175 Å². The summed E-state index contributed by atoms with van der Waals surface area (Å²) >= 11 is 17.8. The molecule has 0 saturated heterocycles. The standard InChI is InChI=1S/C16H11BrCl2N2O3S2/c1-2-24-13(22)7-21-10-4-3-8(17)5-11(10)25-16(21)20-15(23)9-6-12(18)26-14(9)19/h3-6H,2,7H2,1H3. The Morgan fingerprint density at radius 2 is 2.04 bits per heavy atom. The zero-order chi connectivity index (χ0) is 18.8. The summed E-state index contributed by atoms with van der Waals surface area (Å²) in [6.45, 7) is 1.98. The monoisotopic (exact) mass is 492 g/mol. The first-order valence-electron chi connectivity index (χ1n) is 7.37. The van der Waals surface area contributed by atoms with Crippen molar-refractivity contribution < 1.29 is 14.3 Å². The maximum Gasteiger partial charge on any atom is 0.326 e. The summed E-state index contributed by atoms with van der Waals surface area (Å²) in [6.07, 6.45) is 0. The number of esters is 1. The molecule has 1 amide bonds. The average molecular weight is 494 g/mol. The Kier molecular flexibility index (Phi) is 6.19. The Hall–Kier alpha value is -1.19. The van der Waals surface area contributed by atoms with Crippen molar-refractivity contribution >= 4 is 83.9 Å². The molecule has 2 aromatic heterocycles. The van der Waals surface area contributed by atoms with E-state index in [1.807, 2.05) is 18.2 Å². The number of rotatable bonds is 4. The molecular weight excluding hydrogens is 483 g/mol. The van der Waals surface area contributed by atoms with Crippen LogP contribution in [-0.4, -0.2) is 23.1 Å². The first-order chi connectivity index (χ1) is 12.4. The molecule has 0 fully saturated rings. The first kappa shape index (κ1) is 19.6. The topological polar surface area (TPSA) is 60.7 Å². The summed E-state index contributed by atoms with van der Waals surface area (Å²) in [6, 6.07) is 7.10. The van der Waals surface area contributed by atoms with Gasteiger partial charge in [-0.15, -0.1) is 11.3 Å². The van der Waals surface area contributed by atoms with Crippen LogP contribution in [0.15, 0.2) is 33.7 Å². The van der Waals surface area contributed by atoms with Crippen molar-refractivity contribution in [3.8, 4) is 0 Å². The lowest BCUT2D eigenvalue weighted by atomic mass is 10.3. The van der Waals surface area contributed by atoms with Gasteiger partial charge in [-0.25, -0.2) is 0 Å². The highest BCUT2D eigenvalue weighted by molar-refractivity contribution is 9.10. The number of aromatic nitrogens is 1. The van der Waals surface area contributed by atoms with Gasteiger partial charge in [0.25, 0.3) is 5.91 Å². The molecule has 2 heterocycles. The van der Waals surface area contributed by atoms with E-state index in [1.54, 1.807) is 11.5 Å². The van der Waals surface area contributed by atoms with Crippen molar-refractivity contribution in [2.45, 2.75) is 13.5 Å². The van der Waals surface area contributed by atoms with Gasteiger partial charge in [0.05, 0.1) is 26.7 Å². The number of benzene rings is 1. The molecule has 0 aliphatic rings. The third-order valence-electron chi connectivity index (χ3n) is 3.32. The summed E-state index contributed by atoms with van der Waals surface area (Å²) in [5.41, 5.74) is 1.02. The molecule has 0 aliphatic heterocycles. The number of nitrogens with zero attached hydrogens (tertiary/aromatic N) is 2. The number of hydrogen-bond acceptors (Lipinski definition) is 5. The van der Waals surface area contributed by atoms with E-state index < -0.39 is 11.9 Å². The molecule has 136 valence electrons. The Morgan fingerprint density at radius 3 is 2.69 bits per heavy atom. The number of hydrogen-bond donors (Lipinski definition) is 0. The number of carbonyl (C=O) groups excluding carboxylic acids is 2. The summed E-state index contributed by atoms with van der Waals surface area (Å²) in [4.78, 5) is 29.0. The van der Waals surface area contributed by atoms with Crippen LogP contribution in [0, 0.1) is 0 Å². The van der Waals surface area contributed by atoms with Crippen LogP contribution >= 0.6 is 61.8 Å². The number of fused-ring (bicyclic) bond motifs is 1. The zero-order valence-corrected chi connectivity index (χ0v) is 18.0. The predicted molar refractivity (Wildman–Crippen MR) is 108 cm³/mol. The van der Waals surface area contributed by atoms with E-state index in [9.17, 15) is 9.59 Å². The van der Waals surface area contributed by atoms with E-state index in [-0.39, 0.29) is 23.1 Å². The van der Waals surface area contributed by atoms with Crippen LogP contribution in [0.2, 0.25) is 8.67 Å². The van der Waals surface area contributed by atoms with Crippen molar-refractivity contribution in [3.05, 3.63) is 47.8 Å². The molecule has 0 radical (unpaired) electrons. The van der Waals surface area contributed by atoms with Gasteiger partial charge < -0.3 is 9.30 Å². The quantitative estimate of drug-likeness (QED) is 0.473. The second kappa shape index (κ2) is 8.22.